The van der Waals surface area contributed by atoms with Crippen LogP contribution in [0.3, 0.4) is 0 Å². The summed E-state index contributed by atoms with van der Waals surface area (Å²) < 4.78 is 5.12. The van der Waals surface area contributed by atoms with Gasteiger partial charge in [-0.2, -0.15) is 0 Å². The van der Waals surface area contributed by atoms with Crippen LogP contribution in [0, 0.1) is 0 Å². The van der Waals surface area contributed by atoms with Crippen LogP contribution < -0.4 is 5.32 Å². The molecule has 1 aliphatic rings. The van der Waals surface area contributed by atoms with Crippen molar-refractivity contribution in [2.24, 2.45) is 0 Å². The van der Waals surface area contributed by atoms with E-state index in [0.717, 1.165) is 22.6 Å². The highest BCUT2D eigenvalue weighted by molar-refractivity contribution is 5.88. The Kier molecular flexibility index (Phi) is 3.91. The van der Waals surface area contributed by atoms with E-state index in [2.05, 4.69) is 10.5 Å². The third kappa shape index (κ3) is 3.16. The second kappa shape index (κ2) is 6.01. The minimum Gasteiger partial charge on any atom is -0.361 e. The van der Waals surface area contributed by atoms with Crippen LogP contribution in [-0.4, -0.2) is 28.4 Å². The van der Waals surface area contributed by atoms with Crippen molar-refractivity contribution in [3.63, 3.8) is 0 Å². The van der Waals surface area contributed by atoms with Gasteiger partial charge in [0.25, 0.3) is 0 Å². The van der Waals surface area contributed by atoms with Crippen LogP contribution in [-0.2, 0) is 29.0 Å². The SMILES string of the molecule is CC(=O)Nc1ccc(CC(=O)N2CCc3oncc3C2)cc1. The Balaban J connectivity index is 1.61. The van der Waals surface area contributed by atoms with Gasteiger partial charge in [-0.1, -0.05) is 17.3 Å². The molecule has 6 nitrogen and oxygen atoms in total. The minimum atomic E-state index is -0.110. The number of rotatable bonds is 3. The molecule has 0 fully saturated rings. The minimum absolute atomic E-state index is 0.0825. The monoisotopic (exact) mass is 299 g/mol. The third-order valence-corrected chi connectivity index (χ3v) is 3.68. The number of hydrogen-bond donors (Lipinski definition) is 1. The molecule has 0 atom stereocenters. The van der Waals surface area contributed by atoms with Crippen LogP contribution in [0.15, 0.2) is 35.0 Å². The van der Waals surface area contributed by atoms with E-state index in [4.69, 9.17) is 4.52 Å². The lowest BCUT2D eigenvalue weighted by Gasteiger charge is -2.25. The fourth-order valence-corrected chi connectivity index (χ4v) is 2.55. The first kappa shape index (κ1) is 14.3. The van der Waals surface area contributed by atoms with Crippen molar-refractivity contribution in [1.82, 2.24) is 10.1 Å². The molecule has 6 heteroatoms. The highest BCUT2D eigenvalue weighted by Crippen LogP contribution is 2.19. The number of carbonyl (C=O) groups is 2. The van der Waals surface area contributed by atoms with Gasteiger partial charge in [0.15, 0.2) is 0 Å². The van der Waals surface area contributed by atoms with Gasteiger partial charge in [0, 0.05) is 31.1 Å². The summed E-state index contributed by atoms with van der Waals surface area (Å²) in [6.45, 7) is 2.68. The molecule has 22 heavy (non-hydrogen) atoms. The highest BCUT2D eigenvalue weighted by Gasteiger charge is 2.23. The van der Waals surface area contributed by atoms with Crippen molar-refractivity contribution in [3.05, 3.63) is 47.3 Å². The van der Waals surface area contributed by atoms with Crippen LogP contribution in [0.2, 0.25) is 0 Å². The van der Waals surface area contributed by atoms with Gasteiger partial charge in [-0.25, -0.2) is 0 Å². The van der Waals surface area contributed by atoms with Crippen molar-refractivity contribution in [3.8, 4) is 0 Å². The third-order valence-electron chi connectivity index (χ3n) is 3.68. The standard InChI is InChI=1S/C16H17N3O3/c1-11(20)18-14-4-2-12(3-5-14)8-16(21)19-7-6-15-13(10-19)9-17-22-15/h2-5,9H,6-8,10H2,1H3,(H,18,20). The Morgan fingerprint density at radius 2 is 2.09 bits per heavy atom. The van der Waals surface area contributed by atoms with Gasteiger partial charge in [-0.3, -0.25) is 9.59 Å². The lowest BCUT2D eigenvalue weighted by molar-refractivity contribution is -0.131. The molecule has 1 aromatic carbocycles. The maximum absolute atomic E-state index is 12.4. The smallest absolute Gasteiger partial charge is 0.227 e. The zero-order valence-corrected chi connectivity index (χ0v) is 12.3. The molecule has 3 rings (SSSR count). The predicted molar refractivity (Wildman–Crippen MR) is 80.1 cm³/mol. The van der Waals surface area contributed by atoms with Crippen LogP contribution >= 0.6 is 0 Å². The van der Waals surface area contributed by atoms with Crippen molar-refractivity contribution in [1.29, 1.82) is 0 Å². The number of anilines is 1. The molecule has 2 heterocycles. The molecule has 2 aromatic rings. The van der Waals surface area contributed by atoms with Gasteiger partial charge in [0.1, 0.15) is 5.76 Å². The summed E-state index contributed by atoms with van der Waals surface area (Å²) >= 11 is 0. The Morgan fingerprint density at radius 3 is 2.82 bits per heavy atom. The fraction of sp³-hybridized carbons (Fsp3) is 0.312. The average Bonchev–Trinajstić information content (AvgIpc) is 2.96. The molecule has 0 saturated heterocycles. The van der Waals surface area contributed by atoms with Gasteiger partial charge >= 0.3 is 0 Å². The van der Waals surface area contributed by atoms with Crippen LogP contribution in [0.25, 0.3) is 0 Å². The van der Waals surface area contributed by atoms with Gasteiger partial charge in [0.05, 0.1) is 19.2 Å². The Bertz CT molecular complexity index is 691. The highest BCUT2D eigenvalue weighted by atomic mass is 16.5. The fourth-order valence-electron chi connectivity index (χ4n) is 2.55. The van der Waals surface area contributed by atoms with Crippen LogP contribution in [0.5, 0.6) is 0 Å². The summed E-state index contributed by atoms with van der Waals surface area (Å²) in [4.78, 5) is 25.2. The molecule has 0 radical (unpaired) electrons. The molecular formula is C16H17N3O3. The molecule has 0 unspecified atom stereocenters. The number of fused-ring (bicyclic) bond motifs is 1. The Hall–Kier alpha value is -2.63. The maximum Gasteiger partial charge on any atom is 0.227 e. The predicted octanol–water partition coefficient (Wildman–Crippen LogP) is 1.76. The van der Waals surface area contributed by atoms with Gasteiger partial charge in [-0.05, 0) is 17.7 Å². The zero-order valence-electron chi connectivity index (χ0n) is 12.3. The van der Waals surface area contributed by atoms with Crippen molar-refractivity contribution >= 4 is 17.5 Å². The first-order valence-electron chi connectivity index (χ1n) is 7.18. The molecule has 0 saturated carbocycles. The number of carbonyl (C=O) groups excluding carboxylic acids is 2. The van der Waals surface area contributed by atoms with E-state index in [0.29, 0.717) is 25.9 Å². The average molecular weight is 299 g/mol. The first-order chi connectivity index (χ1) is 10.6. The van der Waals surface area contributed by atoms with E-state index in [9.17, 15) is 9.59 Å². The summed E-state index contributed by atoms with van der Waals surface area (Å²) in [7, 11) is 0. The van der Waals surface area contributed by atoms with Crippen molar-refractivity contribution in [2.75, 3.05) is 11.9 Å². The van der Waals surface area contributed by atoms with Gasteiger partial charge in [0.2, 0.25) is 11.8 Å². The second-order valence-corrected chi connectivity index (χ2v) is 5.39. The molecule has 114 valence electrons. The van der Waals surface area contributed by atoms with Gasteiger partial charge in [-0.15, -0.1) is 0 Å². The number of nitrogens with one attached hydrogen (secondary N) is 1. The topological polar surface area (TPSA) is 75.4 Å². The Morgan fingerprint density at radius 1 is 1.32 bits per heavy atom. The first-order valence-corrected chi connectivity index (χ1v) is 7.18. The molecule has 0 aliphatic carbocycles. The summed E-state index contributed by atoms with van der Waals surface area (Å²) in [5, 5.41) is 6.47. The zero-order chi connectivity index (χ0) is 15.5. The molecule has 0 spiro atoms. The number of aromatic nitrogens is 1. The van der Waals surface area contributed by atoms with Crippen LogP contribution in [0.4, 0.5) is 5.69 Å². The Labute approximate surface area is 128 Å². The number of nitrogens with zero attached hydrogens (tertiary/aromatic N) is 2. The molecular weight excluding hydrogens is 282 g/mol. The number of benzene rings is 1. The van der Waals surface area contributed by atoms with E-state index in [1.165, 1.54) is 6.92 Å². The summed E-state index contributed by atoms with van der Waals surface area (Å²) in [6, 6.07) is 7.33. The second-order valence-electron chi connectivity index (χ2n) is 5.39. The lowest BCUT2D eigenvalue weighted by atomic mass is 10.1. The lowest BCUT2D eigenvalue weighted by Crippen LogP contribution is -2.36. The summed E-state index contributed by atoms with van der Waals surface area (Å²) in [6.07, 6.45) is 2.74. The van der Waals surface area contributed by atoms with E-state index in [1.54, 1.807) is 18.3 Å². The van der Waals surface area contributed by atoms with E-state index < -0.39 is 0 Å². The van der Waals surface area contributed by atoms with E-state index in [-0.39, 0.29) is 11.8 Å². The van der Waals surface area contributed by atoms with E-state index in [1.807, 2.05) is 17.0 Å². The summed E-state index contributed by atoms with van der Waals surface area (Å²) in [5.41, 5.74) is 2.65. The molecule has 1 aromatic heterocycles. The quantitative estimate of drug-likeness (QED) is 0.937. The maximum atomic E-state index is 12.4. The molecule has 1 aliphatic heterocycles. The molecule has 2 amide bonds. The molecule has 1 N–H and O–H groups in total. The number of hydrogen-bond acceptors (Lipinski definition) is 4. The summed E-state index contributed by atoms with van der Waals surface area (Å²) in [5.74, 6) is 0.851. The van der Waals surface area contributed by atoms with Crippen molar-refractivity contribution < 1.29 is 14.1 Å². The van der Waals surface area contributed by atoms with E-state index >= 15 is 0 Å². The number of amides is 2. The van der Waals surface area contributed by atoms with Gasteiger partial charge < -0.3 is 14.7 Å². The molecule has 0 bridgehead atoms. The normalized spacial score (nSPS) is 13.6. The van der Waals surface area contributed by atoms with Crippen LogP contribution in [0.1, 0.15) is 23.8 Å². The van der Waals surface area contributed by atoms with Crippen molar-refractivity contribution in [2.45, 2.75) is 26.3 Å². The largest absolute Gasteiger partial charge is 0.361 e.